The van der Waals surface area contributed by atoms with Crippen molar-refractivity contribution in [1.29, 1.82) is 0 Å². The van der Waals surface area contributed by atoms with E-state index in [1.165, 1.54) is 43.4 Å². The summed E-state index contributed by atoms with van der Waals surface area (Å²) in [4.78, 5) is 39.0. The lowest BCUT2D eigenvalue weighted by molar-refractivity contribution is -0.137. The van der Waals surface area contributed by atoms with E-state index < -0.39 is 41.5 Å². The number of carbonyl (C=O) groups excluding carboxylic acids is 3. The Kier molecular flexibility index (Phi) is 8.97. The molecule has 0 fully saturated rings. The van der Waals surface area contributed by atoms with E-state index in [0.717, 1.165) is 27.4 Å². The molecule has 4 aromatic carbocycles. The monoisotopic (exact) mass is 627 g/mol. The molecular formula is C30H25BrF3N3O4. The highest BCUT2D eigenvalue weighted by molar-refractivity contribution is 9.10. The smallest absolute Gasteiger partial charge is 0.416 e. The van der Waals surface area contributed by atoms with Gasteiger partial charge in [0, 0.05) is 17.1 Å². The van der Waals surface area contributed by atoms with Crippen molar-refractivity contribution in [3.63, 3.8) is 0 Å². The van der Waals surface area contributed by atoms with Crippen molar-refractivity contribution in [2.45, 2.75) is 24.7 Å². The second kappa shape index (κ2) is 12.4. The number of rotatable bonds is 8. The molecule has 0 saturated heterocycles. The minimum atomic E-state index is -4.56. The minimum absolute atomic E-state index is 0.0261. The standard InChI is InChI=1S/C30H25BrF3N3O4/c1-35-29(41)27(18-7-12-22(38)13-8-18)37-26(39)16-25(17-5-10-21(11-6-17)30(32,33)34)36-28(40)20-9-14-23-19(15-20)3-2-4-24(23)31/h2-15,25,27,38H,16H2,1H3,(H,35,41)(H,36,40)(H,37,39)/t25?,27-/m0/s1. The zero-order valence-corrected chi connectivity index (χ0v) is 23.2. The molecular weight excluding hydrogens is 603 g/mol. The molecule has 1 unspecified atom stereocenters. The van der Waals surface area contributed by atoms with Gasteiger partial charge in [-0.15, -0.1) is 0 Å². The SMILES string of the molecule is CNC(=O)[C@@H](NC(=O)CC(NC(=O)c1ccc2c(Br)cccc2c1)c1ccc(C(F)(F)F)cc1)c1ccc(O)cc1. The number of phenolic OH excluding ortho intramolecular Hbond substituents is 1. The van der Waals surface area contributed by atoms with Gasteiger partial charge in [-0.05, 0) is 64.4 Å². The van der Waals surface area contributed by atoms with Crippen LogP contribution in [0.15, 0.2) is 89.4 Å². The van der Waals surface area contributed by atoms with E-state index in [9.17, 15) is 32.7 Å². The Morgan fingerprint density at radius 3 is 2.17 bits per heavy atom. The molecule has 4 N–H and O–H groups in total. The average molecular weight is 628 g/mol. The molecule has 4 aromatic rings. The van der Waals surface area contributed by atoms with Crippen LogP contribution >= 0.6 is 15.9 Å². The lowest BCUT2D eigenvalue weighted by Crippen LogP contribution is -2.41. The number of hydrogen-bond acceptors (Lipinski definition) is 4. The summed E-state index contributed by atoms with van der Waals surface area (Å²) < 4.78 is 40.3. The summed E-state index contributed by atoms with van der Waals surface area (Å²) >= 11 is 3.47. The molecule has 4 rings (SSSR count). The Hall–Kier alpha value is -4.38. The number of fused-ring (bicyclic) bond motifs is 1. The molecule has 3 amide bonds. The van der Waals surface area contributed by atoms with Crippen molar-refractivity contribution >= 4 is 44.4 Å². The number of amides is 3. The first-order valence-corrected chi connectivity index (χ1v) is 13.2. The van der Waals surface area contributed by atoms with Crippen LogP contribution in [0, 0.1) is 0 Å². The van der Waals surface area contributed by atoms with Crippen LogP contribution in [0.5, 0.6) is 5.75 Å². The molecule has 0 aliphatic heterocycles. The van der Waals surface area contributed by atoms with Crippen molar-refractivity contribution in [3.8, 4) is 5.75 Å². The van der Waals surface area contributed by atoms with Crippen LogP contribution in [0.4, 0.5) is 13.2 Å². The Bertz CT molecular complexity index is 1580. The number of alkyl halides is 3. The van der Waals surface area contributed by atoms with Crippen LogP contribution in [0.3, 0.4) is 0 Å². The highest BCUT2D eigenvalue weighted by atomic mass is 79.9. The third-order valence-electron chi connectivity index (χ3n) is 6.46. The predicted molar refractivity (Wildman–Crippen MR) is 151 cm³/mol. The van der Waals surface area contributed by atoms with E-state index in [4.69, 9.17) is 0 Å². The van der Waals surface area contributed by atoms with Crippen LogP contribution in [0.2, 0.25) is 0 Å². The summed E-state index contributed by atoms with van der Waals surface area (Å²) in [5.74, 6) is -1.73. The summed E-state index contributed by atoms with van der Waals surface area (Å²) in [7, 11) is 1.40. The van der Waals surface area contributed by atoms with Crippen LogP contribution < -0.4 is 16.0 Å². The number of hydrogen-bond donors (Lipinski definition) is 4. The lowest BCUT2D eigenvalue weighted by atomic mass is 9.99. The summed E-state index contributed by atoms with van der Waals surface area (Å²) in [6.45, 7) is 0. The summed E-state index contributed by atoms with van der Waals surface area (Å²) in [6.07, 6.45) is -4.93. The first kappa shape index (κ1) is 29.6. The van der Waals surface area contributed by atoms with Crippen LogP contribution in [0.25, 0.3) is 10.8 Å². The van der Waals surface area contributed by atoms with Gasteiger partial charge in [0.1, 0.15) is 11.8 Å². The molecule has 0 saturated carbocycles. The highest BCUT2D eigenvalue weighted by Gasteiger charge is 2.31. The van der Waals surface area contributed by atoms with Crippen LogP contribution in [0.1, 0.15) is 45.6 Å². The van der Waals surface area contributed by atoms with Crippen molar-refractivity contribution in [2.75, 3.05) is 7.05 Å². The normalized spacial score (nSPS) is 12.8. The van der Waals surface area contributed by atoms with Crippen molar-refractivity contribution in [3.05, 3.63) is 112 Å². The van der Waals surface area contributed by atoms with Gasteiger partial charge in [-0.25, -0.2) is 0 Å². The molecule has 0 heterocycles. The quantitative estimate of drug-likeness (QED) is 0.198. The number of likely N-dealkylation sites (N-methyl/N-ethyl adjacent to an activating group) is 1. The summed E-state index contributed by atoms with van der Waals surface area (Å²) in [6, 6.07) is 18.3. The molecule has 0 aliphatic rings. The molecule has 212 valence electrons. The fraction of sp³-hybridized carbons (Fsp3) is 0.167. The van der Waals surface area contributed by atoms with E-state index in [1.807, 2.05) is 18.2 Å². The Morgan fingerprint density at radius 2 is 1.54 bits per heavy atom. The first-order valence-electron chi connectivity index (χ1n) is 12.4. The van der Waals surface area contributed by atoms with Gasteiger partial charge in [0.2, 0.25) is 11.8 Å². The maximum absolute atomic E-state index is 13.3. The average Bonchev–Trinajstić information content (AvgIpc) is 2.95. The van der Waals surface area contributed by atoms with E-state index in [0.29, 0.717) is 11.1 Å². The third-order valence-corrected chi connectivity index (χ3v) is 7.16. The minimum Gasteiger partial charge on any atom is -0.508 e. The molecule has 2 atom stereocenters. The predicted octanol–water partition coefficient (Wildman–Crippen LogP) is 5.79. The molecule has 0 spiro atoms. The molecule has 41 heavy (non-hydrogen) atoms. The van der Waals surface area contributed by atoms with Crippen LogP contribution in [-0.4, -0.2) is 29.9 Å². The van der Waals surface area contributed by atoms with Crippen LogP contribution in [-0.2, 0) is 15.8 Å². The fourth-order valence-corrected chi connectivity index (χ4v) is 4.81. The molecule has 0 aliphatic carbocycles. The van der Waals surface area contributed by atoms with Crippen molar-refractivity contribution in [2.24, 2.45) is 0 Å². The van der Waals surface area contributed by atoms with Gasteiger partial charge in [-0.1, -0.05) is 58.4 Å². The Labute approximate surface area is 241 Å². The molecule has 11 heteroatoms. The largest absolute Gasteiger partial charge is 0.508 e. The van der Waals surface area contributed by atoms with Gasteiger partial charge in [-0.2, -0.15) is 13.2 Å². The second-order valence-electron chi connectivity index (χ2n) is 9.23. The van der Waals surface area contributed by atoms with Gasteiger partial charge in [0.05, 0.1) is 18.0 Å². The molecule has 7 nitrogen and oxygen atoms in total. The van der Waals surface area contributed by atoms with E-state index >= 15 is 0 Å². The van der Waals surface area contributed by atoms with Crippen molar-refractivity contribution in [1.82, 2.24) is 16.0 Å². The molecule has 0 aromatic heterocycles. The second-order valence-corrected chi connectivity index (χ2v) is 10.1. The van der Waals surface area contributed by atoms with Gasteiger partial charge in [0.15, 0.2) is 0 Å². The number of phenols is 1. The number of halogens is 4. The maximum atomic E-state index is 13.3. The highest BCUT2D eigenvalue weighted by Crippen LogP contribution is 2.31. The number of nitrogens with one attached hydrogen (secondary N) is 3. The summed E-state index contributed by atoms with van der Waals surface area (Å²) in [5, 5.41) is 19.1. The number of aromatic hydroxyl groups is 1. The van der Waals surface area contributed by atoms with Crippen molar-refractivity contribution < 1.29 is 32.7 Å². The van der Waals surface area contributed by atoms with E-state index in [1.54, 1.807) is 18.2 Å². The molecule has 0 radical (unpaired) electrons. The first-order chi connectivity index (χ1) is 19.5. The third kappa shape index (κ3) is 7.23. The lowest BCUT2D eigenvalue weighted by Gasteiger charge is -2.22. The van der Waals surface area contributed by atoms with E-state index in [2.05, 4.69) is 31.9 Å². The zero-order chi connectivity index (χ0) is 29.7. The van der Waals surface area contributed by atoms with Gasteiger partial charge >= 0.3 is 6.18 Å². The Morgan fingerprint density at radius 1 is 0.878 bits per heavy atom. The maximum Gasteiger partial charge on any atom is 0.416 e. The zero-order valence-electron chi connectivity index (χ0n) is 21.6. The fourth-order valence-electron chi connectivity index (χ4n) is 4.30. The topological polar surface area (TPSA) is 108 Å². The van der Waals surface area contributed by atoms with Gasteiger partial charge in [-0.3, -0.25) is 14.4 Å². The van der Waals surface area contributed by atoms with Gasteiger partial charge in [0.25, 0.3) is 5.91 Å². The number of carbonyl (C=O) groups is 3. The summed E-state index contributed by atoms with van der Waals surface area (Å²) in [5.41, 5.74) is 0.0854. The van der Waals surface area contributed by atoms with E-state index in [-0.39, 0.29) is 17.7 Å². The number of benzene rings is 4. The molecule has 0 bridgehead atoms. The Balaban J connectivity index is 1.61. The van der Waals surface area contributed by atoms with Gasteiger partial charge < -0.3 is 21.1 Å².